The van der Waals surface area contributed by atoms with Gasteiger partial charge in [-0.2, -0.15) is 0 Å². The summed E-state index contributed by atoms with van der Waals surface area (Å²) in [6.45, 7) is 2.11. The summed E-state index contributed by atoms with van der Waals surface area (Å²) in [4.78, 5) is 2.03. The number of nitrogens with zero attached hydrogens (tertiary/aromatic N) is 1. The van der Waals surface area contributed by atoms with Crippen molar-refractivity contribution in [1.82, 2.24) is 5.32 Å². The average molecular weight is 340 g/mol. The Hall–Kier alpha value is -1.91. The predicted molar refractivity (Wildman–Crippen MR) is 98.2 cm³/mol. The molecule has 2 N–H and O–H groups in total. The molecule has 1 aliphatic carbocycles. The van der Waals surface area contributed by atoms with Gasteiger partial charge >= 0.3 is 0 Å². The summed E-state index contributed by atoms with van der Waals surface area (Å²) in [5.74, 6) is -0.164. The fourth-order valence-electron chi connectivity index (χ4n) is 4.03. The van der Waals surface area contributed by atoms with Crippen LogP contribution in [0.5, 0.6) is 0 Å². The van der Waals surface area contributed by atoms with Crippen LogP contribution >= 0.6 is 0 Å². The number of benzene rings is 2. The Morgan fingerprint density at radius 3 is 2.68 bits per heavy atom. The second-order valence-electron chi connectivity index (χ2n) is 7.17. The molecule has 25 heavy (non-hydrogen) atoms. The van der Waals surface area contributed by atoms with E-state index < -0.39 is 0 Å². The number of anilines is 1. The first-order valence-electron chi connectivity index (χ1n) is 9.23. The van der Waals surface area contributed by atoms with Crippen LogP contribution in [-0.2, 0) is 13.0 Å². The van der Waals surface area contributed by atoms with Crippen LogP contribution in [0.1, 0.15) is 42.0 Å². The third-order valence-electron chi connectivity index (χ3n) is 5.50. The van der Waals surface area contributed by atoms with Crippen LogP contribution in [0.2, 0.25) is 0 Å². The highest BCUT2D eigenvalue weighted by Crippen LogP contribution is 2.31. The van der Waals surface area contributed by atoms with E-state index in [0.717, 1.165) is 18.4 Å². The van der Waals surface area contributed by atoms with Gasteiger partial charge in [-0.05, 0) is 54.5 Å². The van der Waals surface area contributed by atoms with Crippen molar-refractivity contribution in [3.63, 3.8) is 0 Å². The molecule has 4 heteroatoms. The van der Waals surface area contributed by atoms with E-state index in [2.05, 4.69) is 29.6 Å². The van der Waals surface area contributed by atoms with Gasteiger partial charge in [-0.25, -0.2) is 4.39 Å². The zero-order valence-electron chi connectivity index (χ0n) is 14.4. The maximum absolute atomic E-state index is 14.5. The van der Waals surface area contributed by atoms with Crippen molar-refractivity contribution in [3.8, 4) is 0 Å². The molecule has 0 aromatic heterocycles. The van der Waals surface area contributed by atoms with Crippen molar-refractivity contribution in [1.29, 1.82) is 0 Å². The van der Waals surface area contributed by atoms with E-state index in [1.165, 1.54) is 11.1 Å². The average Bonchev–Trinajstić information content (AvgIpc) is 3.04. The molecule has 1 saturated heterocycles. The Balaban J connectivity index is 1.40. The van der Waals surface area contributed by atoms with Crippen molar-refractivity contribution in [2.45, 2.75) is 44.4 Å². The van der Waals surface area contributed by atoms with E-state index in [0.29, 0.717) is 44.2 Å². The van der Waals surface area contributed by atoms with Crippen molar-refractivity contribution in [2.24, 2.45) is 0 Å². The molecule has 0 bridgehead atoms. The van der Waals surface area contributed by atoms with Crippen molar-refractivity contribution < 1.29 is 9.50 Å². The van der Waals surface area contributed by atoms with E-state index >= 15 is 0 Å². The number of fused-ring (bicyclic) bond motifs is 1. The van der Waals surface area contributed by atoms with Gasteiger partial charge in [0.2, 0.25) is 0 Å². The second-order valence-corrected chi connectivity index (χ2v) is 7.17. The Morgan fingerprint density at radius 2 is 1.88 bits per heavy atom. The van der Waals surface area contributed by atoms with E-state index in [-0.39, 0.29) is 11.9 Å². The van der Waals surface area contributed by atoms with Crippen LogP contribution in [0, 0.1) is 5.82 Å². The minimum Gasteiger partial charge on any atom is -0.393 e. The van der Waals surface area contributed by atoms with Crippen LogP contribution in [-0.4, -0.2) is 24.3 Å². The first-order valence-corrected chi connectivity index (χ1v) is 9.23. The van der Waals surface area contributed by atoms with Crippen molar-refractivity contribution in [3.05, 3.63) is 65.0 Å². The fraction of sp³-hybridized carbons (Fsp3) is 0.429. The van der Waals surface area contributed by atoms with Crippen molar-refractivity contribution >= 4 is 5.69 Å². The standard InChI is InChI=1S/C21H25FN2O/c22-19-13-15(5-8-21(19)24-11-9-17(25)10-12-24)14-23-20-7-6-16-3-1-2-4-18(16)20/h1-5,8,13,17,20,23,25H,6-7,9-12,14H2. The SMILES string of the molecule is OC1CCN(c2ccc(CNC3CCc4ccccc43)cc2F)CC1. The van der Waals surface area contributed by atoms with Gasteiger partial charge in [0.05, 0.1) is 11.8 Å². The molecule has 0 spiro atoms. The van der Waals surface area contributed by atoms with Gasteiger partial charge in [0.15, 0.2) is 0 Å². The number of hydrogen-bond donors (Lipinski definition) is 2. The van der Waals surface area contributed by atoms with Crippen molar-refractivity contribution in [2.75, 3.05) is 18.0 Å². The molecule has 3 nitrogen and oxygen atoms in total. The summed E-state index contributed by atoms with van der Waals surface area (Å²) in [6.07, 6.45) is 3.41. The number of aliphatic hydroxyl groups excluding tert-OH is 1. The molecule has 132 valence electrons. The zero-order chi connectivity index (χ0) is 17.2. The van der Waals surface area contributed by atoms with Gasteiger partial charge in [-0.15, -0.1) is 0 Å². The van der Waals surface area contributed by atoms with Crippen LogP contribution in [0.15, 0.2) is 42.5 Å². The van der Waals surface area contributed by atoms with Gasteiger partial charge in [0.25, 0.3) is 0 Å². The molecule has 1 aliphatic heterocycles. The van der Waals surface area contributed by atoms with E-state index in [9.17, 15) is 9.50 Å². The molecule has 2 aliphatic rings. The molecule has 2 aromatic rings. The minimum absolute atomic E-state index is 0.164. The highest BCUT2D eigenvalue weighted by atomic mass is 19.1. The lowest BCUT2D eigenvalue weighted by molar-refractivity contribution is 0.145. The summed E-state index contributed by atoms with van der Waals surface area (Å²) < 4.78 is 14.5. The molecule has 1 atom stereocenters. The lowest BCUT2D eigenvalue weighted by Gasteiger charge is -2.31. The first kappa shape index (κ1) is 16.6. The Labute approximate surface area is 148 Å². The largest absolute Gasteiger partial charge is 0.393 e. The summed E-state index contributed by atoms with van der Waals surface area (Å²) in [6, 6.07) is 14.5. The molecular formula is C21H25FN2O. The minimum atomic E-state index is -0.239. The quantitative estimate of drug-likeness (QED) is 0.893. The molecule has 1 heterocycles. The summed E-state index contributed by atoms with van der Waals surface area (Å²) in [7, 11) is 0. The molecule has 4 rings (SSSR count). The number of aryl methyl sites for hydroxylation is 1. The normalized spacial score (nSPS) is 20.7. The Morgan fingerprint density at radius 1 is 1.08 bits per heavy atom. The van der Waals surface area contributed by atoms with Crippen LogP contribution in [0.25, 0.3) is 0 Å². The number of hydrogen-bond acceptors (Lipinski definition) is 3. The fourth-order valence-corrected chi connectivity index (χ4v) is 4.03. The van der Waals surface area contributed by atoms with Gasteiger partial charge in [-0.1, -0.05) is 30.3 Å². The van der Waals surface area contributed by atoms with E-state index in [1.54, 1.807) is 6.07 Å². The lowest BCUT2D eigenvalue weighted by Crippen LogP contribution is -2.36. The maximum Gasteiger partial charge on any atom is 0.146 e. The maximum atomic E-state index is 14.5. The molecule has 2 aromatic carbocycles. The van der Waals surface area contributed by atoms with Gasteiger partial charge < -0.3 is 15.3 Å². The van der Waals surface area contributed by atoms with Crippen LogP contribution in [0.3, 0.4) is 0 Å². The monoisotopic (exact) mass is 340 g/mol. The first-order chi connectivity index (χ1) is 12.2. The smallest absolute Gasteiger partial charge is 0.146 e. The number of rotatable bonds is 4. The summed E-state index contributed by atoms with van der Waals surface area (Å²) >= 11 is 0. The third kappa shape index (κ3) is 3.55. The second kappa shape index (κ2) is 7.14. The highest BCUT2D eigenvalue weighted by Gasteiger charge is 2.22. The van der Waals surface area contributed by atoms with Crippen LogP contribution < -0.4 is 10.2 Å². The molecule has 0 radical (unpaired) electrons. The Kier molecular flexibility index (Phi) is 4.73. The molecule has 1 fully saturated rings. The summed E-state index contributed by atoms with van der Waals surface area (Å²) in [5, 5.41) is 13.2. The number of nitrogens with one attached hydrogen (secondary N) is 1. The molecule has 0 amide bonds. The Bertz CT molecular complexity index is 740. The van der Waals surface area contributed by atoms with E-state index in [1.807, 2.05) is 17.0 Å². The van der Waals surface area contributed by atoms with E-state index in [4.69, 9.17) is 0 Å². The highest BCUT2D eigenvalue weighted by molar-refractivity contribution is 5.49. The predicted octanol–water partition coefficient (Wildman–Crippen LogP) is 3.56. The number of aliphatic hydroxyl groups is 1. The van der Waals surface area contributed by atoms with Gasteiger partial charge in [0.1, 0.15) is 5.82 Å². The lowest BCUT2D eigenvalue weighted by atomic mass is 10.1. The summed E-state index contributed by atoms with van der Waals surface area (Å²) in [5.41, 5.74) is 4.44. The topological polar surface area (TPSA) is 35.5 Å². The zero-order valence-corrected chi connectivity index (χ0v) is 14.4. The molecule has 1 unspecified atom stereocenters. The number of piperidine rings is 1. The molecule has 0 saturated carbocycles. The third-order valence-corrected chi connectivity index (χ3v) is 5.50. The number of halogens is 1. The van der Waals surface area contributed by atoms with Crippen LogP contribution in [0.4, 0.5) is 10.1 Å². The van der Waals surface area contributed by atoms with Gasteiger partial charge in [-0.3, -0.25) is 0 Å². The van der Waals surface area contributed by atoms with Gasteiger partial charge in [0, 0.05) is 25.7 Å². The molecular weight excluding hydrogens is 315 g/mol.